The summed E-state index contributed by atoms with van der Waals surface area (Å²) in [6.45, 7) is 2.65. The molecule has 0 aliphatic heterocycles. The van der Waals surface area contributed by atoms with E-state index in [2.05, 4.69) is 34.2 Å². The first-order valence-electron chi connectivity index (χ1n) is 5.24. The van der Waals surface area contributed by atoms with Gasteiger partial charge in [-0.05, 0) is 37.3 Å². The quantitative estimate of drug-likeness (QED) is 0.919. The zero-order valence-corrected chi connectivity index (χ0v) is 11.8. The van der Waals surface area contributed by atoms with Crippen molar-refractivity contribution in [1.82, 2.24) is 5.32 Å². The fourth-order valence-corrected chi connectivity index (χ4v) is 2.71. The lowest BCUT2D eigenvalue weighted by Gasteiger charge is -2.03. The minimum absolute atomic E-state index is 0.0441. The number of amides is 1. The number of halogens is 1. The van der Waals surface area contributed by atoms with Crippen LogP contribution in [0.2, 0.25) is 0 Å². The summed E-state index contributed by atoms with van der Waals surface area (Å²) in [4.78, 5) is 14.3. The van der Waals surface area contributed by atoms with E-state index in [-0.39, 0.29) is 5.91 Å². The molecule has 17 heavy (non-hydrogen) atoms. The van der Waals surface area contributed by atoms with Gasteiger partial charge in [0, 0.05) is 19.8 Å². The molecule has 0 saturated heterocycles. The average Bonchev–Trinajstić information content (AvgIpc) is 2.72. The van der Waals surface area contributed by atoms with Crippen molar-refractivity contribution in [2.45, 2.75) is 13.5 Å². The molecule has 1 amide bonds. The van der Waals surface area contributed by atoms with Crippen LogP contribution in [0.15, 0.2) is 40.9 Å². The lowest BCUT2D eigenvalue weighted by molar-refractivity contribution is 0.0951. The largest absolute Gasteiger partial charge is 0.347 e. The topological polar surface area (TPSA) is 29.1 Å². The van der Waals surface area contributed by atoms with Crippen molar-refractivity contribution in [3.05, 3.63) is 56.2 Å². The highest BCUT2D eigenvalue weighted by Crippen LogP contribution is 2.15. The van der Waals surface area contributed by atoms with Crippen molar-refractivity contribution in [3.63, 3.8) is 0 Å². The molecule has 1 aromatic heterocycles. The van der Waals surface area contributed by atoms with E-state index in [1.54, 1.807) is 17.4 Å². The Kier molecular flexibility index (Phi) is 3.97. The molecule has 0 unspecified atom stereocenters. The first-order valence-corrected chi connectivity index (χ1v) is 6.85. The zero-order chi connectivity index (χ0) is 12.3. The smallest absolute Gasteiger partial charge is 0.251 e. The predicted molar refractivity (Wildman–Crippen MR) is 74.4 cm³/mol. The highest BCUT2D eigenvalue weighted by Gasteiger charge is 2.05. The first kappa shape index (κ1) is 12.3. The molecule has 0 spiro atoms. The summed E-state index contributed by atoms with van der Waals surface area (Å²) in [6.07, 6.45) is 0. The molecular weight excluding hydrogens is 298 g/mol. The Hall–Kier alpha value is -1.13. The Morgan fingerprint density at radius 1 is 1.35 bits per heavy atom. The second-order valence-corrected chi connectivity index (χ2v) is 5.99. The average molecular weight is 310 g/mol. The van der Waals surface area contributed by atoms with Crippen LogP contribution in [0.3, 0.4) is 0 Å². The number of benzene rings is 1. The van der Waals surface area contributed by atoms with Crippen LogP contribution in [0.5, 0.6) is 0 Å². The molecule has 0 aliphatic rings. The second-order valence-electron chi connectivity index (χ2n) is 3.71. The Morgan fingerprint density at radius 2 is 2.18 bits per heavy atom. The van der Waals surface area contributed by atoms with Crippen LogP contribution in [0.4, 0.5) is 0 Å². The maximum atomic E-state index is 11.8. The summed E-state index contributed by atoms with van der Waals surface area (Å²) in [6, 6.07) is 11.5. The molecule has 0 radical (unpaired) electrons. The van der Waals surface area contributed by atoms with Crippen LogP contribution in [-0.2, 0) is 6.54 Å². The third-order valence-electron chi connectivity index (χ3n) is 2.31. The van der Waals surface area contributed by atoms with Gasteiger partial charge in [0.1, 0.15) is 0 Å². The molecule has 0 atom stereocenters. The summed E-state index contributed by atoms with van der Waals surface area (Å²) in [5.74, 6) is -0.0441. The van der Waals surface area contributed by atoms with E-state index in [9.17, 15) is 4.79 Å². The monoisotopic (exact) mass is 309 g/mol. The molecular formula is C13H12BrNOS. The van der Waals surface area contributed by atoms with Gasteiger partial charge < -0.3 is 5.32 Å². The molecule has 0 bridgehead atoms. The number of nitrogens with one attached hydrogen (secondary N) is 1. The molecule has 0 aliphatic carbocycles. The number of carbonyl (C=O) groups excluding carboxylic acids is 1. The molecule has 4 heteroatoms. The third-order valence-corrected chi connectivity index (χ3v) is 3.80. The fraction of sp³-hybridized carbons (Fsp3) is 0.154. The fourth-order valence-electron chi connectivity index (χ4n) is 1.48. The van der Waals surface area contributed by atoms with Gasteiger partial charge in [0.2, 0.25) is 0 Å². The normalized spacial score (nSPS) is 10.2. The van der Waals surface area contributed by atoms with Crippen LogP contribution < -0.4 is 5.32 Å². The molecule has 2 nitrogen and oxygen atoms in total. The van der Waals surface area contributed by atoms with Gasteiger partial charge in [0.15, 0.2) is 0 Å². The van der Waals surface area contributed by atoms with E-state index in [0.717, 1.165) is 4.47 Å². The van der Waals surface area contributed by atoms with Gasteiger partial charge in [-0.15, -0.1) is 11.3 Å². The maximum Gasteiger partial charge on any atom is 0.251 e. The van der Waals surface area contributed by atoms with Crippen molar-refractivity contribution >= 4 is 33.2 Å². The molecule has 0 saturated carbocycles. The number of hydrogen-bond donors (Lipinski definition) is 1. The summed E-state index contributed by atoms with van der Waals surface area (Å²) in [5, 5.41) is 2.91. The van der Waals surface area contributed by atoms with Gasteiger partial charge in [-0.3, -0.25) is 4.79 Å². The molecule has 1 aromatic carbocycles. The van der Waals surface area contributed by atoms with Gasteiger partial charge in [0.25, 0.3) is 5.91 Å². The van der Waals surface area contributed by atoms with Crippen molar-refractivity contribution in [3.8, 4) is 0 Å². The Bertz CT molecular complexity index is 536. The van der Waals surface area contributed by atoms with E-state index in [0.29, 0.717) is 12.1 Å². The van der Waals surface area contributed by atoms with E-state index in [4.69, 9.17) is 0 Å². The Morgan fingerprint density at radius 3 is 2.82 bits per heavy atom. The van der Waals surface area contributed by atoms with Gasteiger partial charge in [-0.1, -0.05) is 22.0 Å². The number of thiophene rings is 1. The zero-order valence-electron chi connectivity index (χ0n) is 9.37. The predicted octanol–water partition coefficient (Wildman–Crippen LogP) is 3.75. The van der Waals surface area contributed by atoms with Gasteiger partial charge in [-0.25, -0.2) is 0 Å². The third kappa shape index (κ3) is 3.41. The van der Waals surface area contributed by atoms with Crippen LogP contribution in [0, 0.1) is 6.92 Å². The van der Waals surface area contributed by atoms with Crippen molar-refractivity contribution in [1.29, 1.82) is 0 Å². The standard InChI is InChI=1S/C13H12BrNOS/c1-9-5-6-12(17-9)8-15-13(16)10-3-2-4-11(14)7-10/h2-7H,8H2,1H3,(H,15,16). The number of carbonyl (C=O) groups is 1. The van der Waals surface area contributed by atoms with E-state index in [1.807, 2.05) is 24.3 Å². The van der Waals surface area contributed by atoms with Crippen molar-refractivity contribution in [2.75, 3.05) is 0 Å². The number of hydrogen-bond acceptors (Lipinski definition) is 2. The van der Waals surface area contributed by atoms with E-state index in [1.165, 1.54) is 9.75 Å². The lowest BCUT2D eigenvalue weighted by atomic mass is 10.2. The van der Waals surface area contributed by atoms with Crippen LogP contribution >= 0.6 is 27.3 Å². The molecule has 0 fully saturated rings. The molecule has 1 heterocycles. The minimum atomic E-state index is -0.0441. The summed E-state index contributed by atoms with van der Waals surface area (Å²) < 4.78 is 0.914. The second kappa shape index (κ2) is 5.47. The first-order chi connectivity index (χ1) is 8.15. The summed E-state index contributed by atoms with van der Waals surface area (Å²) >= 11 is 5.06. The van der Waals surface area contributed by atoms with Gasteiger partial charge >= 0.3 is 0 Å². The highest BCUT2D eigenvalue weighted by molar-refractivity contribution is 9.10. The molecule has 2 rings (SSSR count). The van der Waals surface area contributed by atoms with E-state index < -0.39 is 0 Å². The molecule has 2 aromatic rings. The maximum absolute atomic E-state index is 11.8. The van der Waals surface area contributed by atoms with E-state index >= 15 is 0 Å². The van der Waals surface area contributed by atoms with Crippen molar-refractivity contribution in [2.24, 2.45) is 0 Å². The Labute approximate surface area is 113 Å². The number of rotatable bonds is 3. The van der Waals surface area contributed by atoms with Crippen molar-refractivity contribution < 1.29 is 4.79 Å². The molecule has 88 valence electrons. The number of aryl methyl sites for hydroxylation is 1. The minimum Gasteiger partial charge on any atom is -0.347 e. The highest BCUT2D eigenvalue weighted by atomic mass is 79.9. The summed E-state index contributed by atoms with van der Waals surface area (Å²) in [7, 11) is 0. The molecule has 1 N–H and O–H groups in total. The summed E-state index contributed by atoms with van der Waals surface area (Å²) in [5.41, 5.74) is 0.674. The van der Waals surface area contributed by atoms with Crippen LogP contribution in [0.1, 0.15) is 20.1 Å². The SMILES string of the molecule is Cc1ccc(CNC(=O)c2cccc(Br)c2)s1. The van der Waals surface area contributed by atoms with Crippen LogP contribution in [-0.4, -0.2) is 5.91 Å². The van der Waals surface area contributed by atoms with Gasteiger partial charge in [-0.2, -0.15) is 0 Å². The van der Waals surface area contributed by atoms with Gasteiger partial charge in [0.05, 0.1) is 6.54 Å². The Balaban J connectivity index is 1.98. The lowest BCUT2D eigenvalue weighted by Crippen LogP contribution is -2.22. The van der Waals surface area contributed by atoms with Crippen LogP contribution in [0.25, 0.3) is 0 Å².